The van der Waals surface area contributed by atoms with E-state index in [0.717, 1.165) is 17.5 Å². The van der Waals surface area contributed by atoms with E-state index < -0.39 is 5.54 Å². The second-order valence-corrected chi connectivity index (χ2v) is 8.92. The van der Waals surface area contributed by atoms with Crippen LogP contribution in [0.25, 0.3) is 0 Å². The number of hydrazine groups is 1. The maximum Gasteiger partial charge on any atom is 0.268 e. The third kappa shape index (κ3) is 1.86. The highest BCUT2D eigenvalue weighted by Crippen LogP contribution is 2.57. The van der Waals surface area contributed by atoms with Crippen LogP contribution in [0.5, 0.6) is 0 Å². The van der Waals surface area contributed by atoms with Crippen molar-refractivity contribution in [1.29, 1.82) is 0 Å². The first kappa shape index (κ1) is 14.7. The normalized spacial score (nSPS) is 39.3. The molecule has 128 valence electrons. The summed E-state index contributed by atoms with van der Waals surface area (Å²) < 4.78 is 13.3. The Bertz CT molecular complexity index is 655. The molecule has 1 heterocycles. The molecule has 1 amide bonds. The summed E-state index contributed by atoms with van der Waals surface area (Å²) in [6.45, 7) is 3.95. The van der Waals surface area contributed by atoms with Gasteiger partial charge in [0.2, 0.25) is 0 Å². The molecule has 0 radical (unpaired) electrons. The van der Waals surface area contributed by atoms with E-state index in [2.05, 4.69) is 5.01 Å². The monoisotopic (exact) mass is 328 g/mol. The highest BCUT2D eigenvalue weighted by Gasteiger charge is 2.61. The Labute approximate surface area is 142 Å². The Balaban J connectivity index is 1.50. The van der Waals surface area contributed by atoms with Gasteiger partial charge >= 0.3 is 0 Å². The summed E-state index contributed by atoms with van der Waals surface area (Å²) in [5.74, 6) is 3.10. The van der Waals surface area contributed by atoms with E-state index in [1.54, 1.807) is 12.1 Å². The number of halogens is 1. The first-order valence-corrected chi connectivity index (χ1v) is 9.34. The lowest BCUT2D eigenvalue weighted by Gasteiger charge is -2.65. The van der Waals surface area contributed by atoms with Crippen molar-refractivity contribution in [2.24, 2.45) is 23.7 Å². The number of anilines is 1. The molecule has 3 nitrogen and oxygen atoms in total. The number of nitrogens with zero attached hydrogens (tertiary/aromatic N) is 2. The van der Waals surface area contributed by atoms with Gasteiger partial charge < -0.3 is 0 Å². The van der Waals surface area contributed by atoms with Crippen LogP contribution in [-0.4, -0.2) is 22.5 Å². The molecule has 5 aliphatic rings. The molecule has 0 unspecified atom stereocenters. The molecule has 1 aromatic rings. The van der Waals surface area contributed by atoms with Crippen molar-refractivity contribution >= 4 is 11.6 Å². The molecule has 4 bridgehead atoms. The quantitative estimate of drug-likeness (QED) is 0.819. The highest BCUT2D eigenvalue weighted by molar-refractivity contribution is 5.97. The predicted octanol–water partition coefficient (Wildman–Crippen LogP) is 3.99. The first-order chi connectivity index (χ1) is 11.4. The van der Waals surface area contributed by atoms with E-state index in [-0.39, 0.29) is 11.7 Å². The fourth-order valence-electron chi connectivity index (χ4n) is 6.28. The van der Waals surface area contributed by atoms with Crippen LogP contribution in [0, 0.1) is 29.5 Å². The van der Waals surface area contributed by atoms with Crippen LogP contribution >= 0.6 is 0 Å². The Morgan fingerprint density at radius 3 is 2.04 bits per heavy atom. The van der Waals surface area contributed by atoms with Gasteiger partial charge in [-0.2, -0.15) is 0 Å². The van der Waals surface area contributed by atoms with E-state index in [4.69, 9.17) is 0 Å². The second kappa shape index (κ2) is 4.74. The number of hydrogen-bond donors (Lipinski definition) is 0. The lowest BCUT2D eigenvalue weighted by Crippen LogP contribution is -2.80. The zero-order valence-electron chi connectivity index (χ0n) is 14.4. The Kier molecular flexibility index (Phi) is 2.91. The molecule has 5 fully saturated rings. The largest absolute Gasteiger partial charge is 0.270 e. The molecule has 4 heteroatoms. The zero-order valence-corrected chi connectivity index (χ0v) is 14.4. The minimum absolute atomic E-state index is 0.226. The van der Waals surface area contributed by atoms with E-state index in [9.17, 15) is 9.18 Å². The Morgan fingerprint density at radius 2 is 1.50 bits per heavy atom. The fraction of sp³-hybridized carbons (Fsp3) is 0.650. The number of carbonyl (C=O) groups is 1. The van der Waals surface area contributed by atoms with Gasteiger partial charge in [0.25, 0.3) is 5.91 Å². The minimum Gasteiger partial charge on any atom is -0.270 e. The Hall–Kier alpha value is -1.58. The molecule has 4 aliphatic carbocycles. The van der Waals surface area contributed by atoms with Crippen molar-refractivity contribution in [2.45, 2.75) is 57.5 Å². The molecule has 6 rings (SSSR count). The van der Waals surface area contributed by atoms with E-state index >= 15 is 0 Å². The van der Waals surface area contributed by atoms with E-state index in [0.29, 0.717) is 17.9 Å². The molecule has 1 aromatic carbocycles. The molecule has 1 saturated heterocycles. The van der Waals surface area contributed by atoms with Crippen LogP contribution in [-0.2, 0) is 4.79 Å². The average molecular weight is 328 g/mol. The third-order valence-electron chi connectivity index (χ3n) is 7.01. The number of carbonyl (C=O) groups excluding carboxylic acids is 1. The molecule has 0 atom stereocenters. The summed E-state index contributed by atoms with van der Waals surface area (Å²) in [7, 11) is 0. The number of rotatable bonds is 2. The van der Waals surface area contributed by atoms with Crippen LogP contribution in [0.3, 0.4) is 0 Å². The van der Waals surface area contributed by atoms with Crippen molar-refractivity contribution in [3.8, 4) is 0 Å². The standard InChI is InChI=1S/C20H25FN2O/c1-20(2)19(24)22(23(20)17-5-3-16(21)4-6-17)18-14-8-12-7-13(10-14)11-15(18)9-12/h3-6,12-15,18H,7-11H2,1-2H3. The van der Waals surface area contributed by atoms with Crippen molar-refractivity contribution in [1.82, 2.24) is 5.01 Å². The molecular weight excluding hydrogens is 303 g/mol. The zero-order chi connectivity index (χ0) is 16.6. The van der Waals surface area contributed by atoms with Crippen molar-refractivity contribution < 1.29 is 9.18 Å². The predicted molar refractivity (Wildman–Crippen MR) is 90.6 cm³/mol. The van der Waals surface area contributed by atoms with E-state index in [1.807, 2.05) is 18.9 Å². The molecular formula is C20H25FN2O. The van der Waals surface area contributed by atoms with Crippen LogP contribution < -0.4 is 5.01 Å². The molecule has 24 heavy (non-hydrogen) atoms. The first-order valence-electron chi connectivity index (χ1n) is 9.34. The summed E-state index contributed by atoms with van der Waals surface area (Å²) in [6, 6.07) is 6.93. The van der Waals surface area contributed by atoms with Gasteiger partial charge in [0, 0.05) is 0 Å². The van der Waals surface area contributed by atoms with Crippen LogP contribution in [0.4, 0.5) is 10.1 Å². The Morgan fingerprint density at radius 1 is 0.958 bits per heavy atom. The van der Waals surface area contributed by atoms with Crippen LogP contribution in [0.2, 0.25) is 0 Å². The minimum atomic E-state index is -0.535. The second-order valence-electron chi connectivity index (χ2n) is 8.92. The van der Waals surface area contributed by atoms with Gasteiger partial charge in [-0.15, -0.1) is 0 Å². The maximum atomic E-state index is 13.3. The lowest BCUT2D eigenvalue weighted by atomic mass is 9.53. The van der Waals surface area contributed by atoms with Gasteiger partial charge in [-0.1, -0.05) is 0 Å². The molecule has 1 aliphatic heterocycles. The van der Waals surface area contributed by atoms with Crippen molar-refractivity contribution in [3.05, 3.63) is 30.1 Å². The highest BCUT2D eigenvalue weighted by atomic mass is 19.1. The molecule has 0 aromatic heterocycles. The summed E-state index contributed by atoms with van der Waals surface area (Å²) in [4.78, 5) is 13.0. The summed E-state index contributed by atoms with van der Waals surface area (Å²) in [5, 5.41) is 4.17. The van der Waals surface area contributed by atoms with E-state index in [1.165, 1.54) is 44.2 Å². The topological polar surface area (TPSA) is 23.6 Å². The molecule has 0 spiro atoms. The summed E-state index contributed by atoms with van der Waals surface area (Å²) >= 11 is 0. The lowest BCUT2D eigenvalue weighted by molar-refractivity contribution is -0.170. The van der Waals surface area contributed by atoms with Gasteiger partial charge in [0.15, 0.2) is 0 Å². The summed E-state index contributed by atoms with van der Waals surface area (Å²) in [5.41, 5.74) is 0.391. The van der Waals surface area contributed by atoms with Gasteiger partial charge in [-0.3, -0.25) is 9.80 Å². The van der Waals surface area contributed by atoms with Gasteiger partial charge in [0.1, 0.15) is 11.4 Å². The van der Waals surface area contributed by atoms with Crippen LogP contribution in [0.1, 0.15) is 46.0 Å². The summed E-state index contributed by atoms with van der Waals surface area (Å²) in [6.07, 6.45) is 6.58. The van der Waals surface area contributed by atoms with Gasteiger partial charge in [-0.05, 0) is 93.9 Å². The SMILES string of the molecule is CC1(C)C(=O)N(C2C3CC4CC(C3)CC2C4)N1c1ccc(F)cc1. The van der Waals surface area contributed by atoms with Gasteiger partial charge in [0.05, 0.1) is 11.7 Å². The number of amides is 1. The number of benzene rings is 1. The van der Waals surface area contributed by atoms with Gasteiger partial charge in [-0.25, -0.2) is 9.40 Å². The van der Waals surface area contributed by atoms with Crippen molar-refractivity contribution in [2.75, 3.05) is 5.01 Å². The van der Waals surface area contributed by atoms with Crippen LogP contribution in [0.15, 0.2) is 24.3 Å². The maximum absolute atomic E-state index is 13.3. The average Bonchev–Trinajstić information content (AvgIpc) is 2.54. The number of hydrogen-bond acceptors (Lipinski definition) is 2. The molecule has 4 saturated carbocycles. The smallest absolute Gasteiger partial charge is 0.268 e. The molecule has 0 N–H and O–H groups in total. The van der Waals surface area contributed by atoms with Crippen molar-refractivity contribution in [3.63, 3.8) is 0 Å². The third-order valence-corrected chi connectivity index (χ3v) is 7.01. The fourth-order valence-corrected chi connectivity index (χ4v) is 6.28.